The topological polar surface area (TPSA) is 122 Å². The van der Waals surface area contributed by atoms with Crippen molar-refractivity contribution in [3.8, 4) is 11.5 Å². The summed E-state index contributed by atoms with van der Waals surface area (Å²) in [6.45, 7) is 0. The van der Waals surface area contributed by atoms with Crippen LogP contribution in [0.15, 0.2) is 36.4 Å². The van der Waals surface area contributed by atoms with Crippen LogP contribution in [0, 0.1) is 10.1 Å². The van der Waals surface area contributed by atoms with Crippen molar-refractivity contribution >= 4 is 30.6 Å². The Hall–Kier alpha value is -2.33. The van der Waals surface area contributed by atoms with Gasteiger partial charge in [-0.1, -0.05) is 11.6 Å². The van der Waals surface area contributed by atoms with E-state index in [2.05, 4.69) is 5.32 Å². The van der Waals surface area contributed by atoms with Crippen LogP contribution < -0.4 is 10.1 Å². The molecule has 2 aromatic rings. The number of halogens is 4. The van der Waals surface area contributed by atoms with E-state index in [0.717, 1.165) is 0 Å². The van der Waals surface area contributed by atoms with Crippen molar-refractivity contribution in [2.45, 2.75) is 6.18 Å². The monoisotopic (exact) mass is 426 g/mol. The number of alkyl halides is 3. The third-order valence-electron chi connectivity index (χ3n) is 3.12. The lowest BCUT2D eigenvalue weighted by Gasteiger charge is -2.16. The first-order chi connectivity index (χ1) is 12.4. The summed E-state index contributed by atoms with van der Waals surface area (Å²) < 4.78 is 56.0. The van der Waals surface area contributed by atoms with Gasteiger partial charge in [0.1, 0.15) is 29.0 Å². The maximum absolute atomic E-state index is 13.3. The molecule has 0 fully saturated rings. The minimum absolute atomic E-state index is 0.0281. The van der Waals surface area contributed by atoms with E-state index in [9.17, 15) is 27.9 Å². The van der Waals surface area contributed by atoms with Gasteiger partial charge in [-0.15, -0.1) is 0 Å². The predicted molar refractivity (Wildman–Crippen MR) is 90.2 cm³/mol. The third kappa shape index (κ3) is 5.83. The Bertz CT molecular complexity index is 901. The zero-order chi connectivity index (χ0) is 20.4. The molecule has 3 N–H and O–H groups in total. The summed E-state index contributed by atoms with van der Waals surface area (Å²) in [5.41, 5.74) is -2.98. The van der Waals surface area contributed by atoms with Crippen LogP contribution in [-0.2, 0) is 10.7 Å². The van der Waals surface area contributed by atoms with Crippen LogP contribution in [0.1, 0.15) is 5.56 Å². The number of hydrogen-bond acceptors (Lipinski definition) is 5. The number of benzene rings is 2. The van der Waals surface area contributed by atoms with E-state index in [0.29, 0.717) is 11.1 Å². The fourth-order valence-corrected chi connectivity index (χ4v) is 2.49. The van der Waals surface area contributed by atoms with Crippen molar-refractivity contribution in [2.75, 3.05) is 11.6 Å². The summed E-state index contributed by atoms with van der Waals surface area (Å²) in [6.07, 6.45) is -5.99. The number of anilines is 1. The number of hydrogen-bond donors (Lipinski definition) is 3. The summed E-state index contributed by atoms with van der Waals surface area (Å²) in [4.78, 5) is 27.7. The molecule has 13 heteroatoms. The number of ether oxygens (including phenoxy) is 1. The SMILES string of the molecule is O=[N+]([O-])c1cc(C(F)(F)F)c(Oc2ccc(Cl)cc2)cc1NCP(=O)(O)O. The van der Waals surface area contributed by atoms with Crippen molar-refractivity contribution < 1.29 is 37.2 Å². The van der Waals surface area contributed by atoms with Crippen molar-refractivity contribution in [3.63, 3.8) is 0 Å². The van der Waals surface area contributed by atoms with E-state index in [1.54, 1.807) is 0 Å². The molecule has 0 amide bonds. The molecule has 0 heterocycles. The van der Waals surface area contributed by atoms with Crippen LogP contribution >= 0.6 is 19.2 Å². The predicted octanol–water partition coefficient (Wildman–Crippen LogP) is 4.61. The van der Waals surface area contributed by atoms with E-state index in [1.165, 1.54) is 24.3 Å². The maximum Gasteiger partial charge on any atom is 0.420 e. The van der Waals surface area contributed by atoms with Gasteiger partial charge in [0.2, 0.25) is 0 Å². The first kappa shape index (κ1) is 21.0. The Balaban J connectivity index is 2.55. The van der Waals surface area contributed by atoms with E-state index >= 15 is 0 Å². The lowest BCUT2D eigenvalue weighted by atomic mass is 10.1. The Morgan fingerprint density at radius 3 is 2.30 bits per heavy atom. The molecular formula is C14H11ClF3N2O6P. The van der Waals surface area contributed by atoms with E-state index in [4.69, 9.17) is 26.1 Å². The average Bonchev–Trinajstić information content (AvgIpc) is 2.53. The van der Waals surface area contributed by atoms with Gasteiger partial charge in [-0.25, -0.2) is 0 Å². The summed E-state index contributed by atoms with van der Waals surface area (Å²) in [5, 5.41) is 13.5. The zero-order valence-corrected chi connectivity index (χ0v) is 14.8. The lowest BCUT2D eigenvalue weighted by molar-refractivity contribution is -0.384. The summed E-state index contributed by atoms with van der Waals surface area (Å²) in [7, 11) is -4.62. The molecule has 2 rings (SSSR count). The highest BCUT2D eigenvalue weighted by atomic mass is 35.5. The molecule has 0 atom stereocenters. The second-order valence-corrected chi connectivity index (χ2v) is 7.26. The van der Waals surface area contributed by atoms with Crippen LogP contribution in [0.3, 0.4) is 0 Å². The van der Waals surface area contributed by atoms with Crippen molar-refractivity contribution in [1.29, 1.82) is 0 Å². The number of nitrogens with zero attached hydrogens (tertiary/aromatic N) is 1. The number of rotatable bonds is 6. The van der Waals surface area contributed by atoms with Gasteiger partial charge in [-0.05, 0) is 24.3 Å². The van der Waals surface area contributed by atoms with Gasteiger partial charge in [0.25, 0.3) is 5.69 Å². The van der Waals surface area contributed by atoms with Crippen LogP contribution in [0.25, 0.3) is 0 Å². The smallest absolute Gasteiger partial charge is 0.420 e. The van der Waals surface area contributed by atoms with Crippen LogP contribution in [0.2, 0.25) is 5.02 Å². The van der Waals surface area contributed by atoms with E-state index < -0.39 is 47.7 Å². The largest absolute Gasteiger partial charge is 0.457 e. The highest BCUT2D eigenvalue weighted by molar-refractivity contribution is 7.51. The molecule has 8 nitrogen and oxygen atoms in total. The van der Waals surface area contributed by atoms with Gasteiger partial charge in [0, 0.05) is 17.2 Å². The highest BCUT2D eigenvalue weighted by Crippen LogP contribution is 2.44. The van der Waals surface area contributed by atoms with Gasteiger partial charge >= 0.3 is 13.8 Å². The second kappa shape index (κ2) is 7.73. The van der Waals surface area contributed by atoms with Crippen molar-refractivity contribution in [1.82, 2.24) is 0 Å². The molecular weight excluding hydrogens is 416 g/mol. The molecule has 0 saturated carbocycles. The first-order valence-electron chi connectivity index (χ1n) is 6.98. The van der Waals surface area contributed by atoms with E-state index in [1.807, 2.05) is 0 Å². The van der Waals surface area contributed by atoms with E-state index in [-0.39, 0.29) is 11.8 Å². The Kier molecular flexibility index (Phi) is 6.01. The molecule has 0 bridgehead atoms. The number of nitrogens with one attached hydrogen (secondary N) is 1. The maximum atomic E-state index is 13.3. The quantitative estimate of drug-likeness (QED) is 0.350. The number of nitro groups is 1. The van der Waals surface area contributed by atoms with Crippen LogP contribution in [-0.4, -0.2) is 21.0 Å². The standard InChI is InChI=1S/C14H11ClF3N2O6P/c15-8-1-3-9(4-2-8)26-13-6-11(19-7-27(23,24)25)12(20(21)22)5-10(13)14(16,17)18/h1-6,19H,7H2,(H2,23,24,25). The summed E-state index contributed by atoms with van der Waals surface area (Å²) >= 11 is 5.69. The summed E-state index contributed by atoms with van der Waals surface area (Å²) in [6, 6.07) is 6.18. The molecule has 0 radical (unpaired) electrons. The highest BCUT2D eigenvalue weighted by Gasteiger charge is 2.38. The van der Waals surface area contributed by atoms with Gasteiger partial charge < -0.3 is 19.8 Å². The molecule has 27 heavy (non-hydrogen) atoms. The fraction of sp³-hybridized carbons (Fsp3) is 0.143. The molecule has 0 aromatic heterocycles. The molecule has 0 aliphatic rings. The molecule has 0 aliphatic heterocycles. The molecule has 0 unspecified atom stereocenters. The van der Waals surface area contributed by atoms with Crippen LogP contribution in [0.4, 0.5) is 24.5 Å². The van der Waals surface area contributed by atoms with Gasteiger partial charge in [-0.2, -0.15) is 13.2 Å². The summed E-state index contributed by atoms with van der Waals surface area (Å²) in [5.74, 6) is -0.816. The van der Waals surface area contributed by atoms with Gasteiger partial charge in [-0.3, -0.25) is 14.7 Å². The van der Waals surface area contributed by atoms with Crippen molar-refractivity contribution in [3.05, 3.63) is 57.1 Å². The van der Waals surface area contributed by atoms with Gasteiger partial charge in [0.15, 0.2) is 0 Å². The Labute approximate surface area is 154 Å². The normalized spacial score (nSPS) is 11.9. The third-order valence-corrected chi connectivity index (χ3v) is 3.94. The molecule has 0 aliphatic carbocycles. The lowest BCUT2D eigenvalue weighted by Crippen LogP contribution is -2.11. The molecule has 0 spiro atoms. The zero-order valence-electron chi connectivity index (χ0n) is 13.1. The Morgan fingerprint density at radius 1 is 1.22 bits per heavy atom. The molecule has 2 aromatic carbocycles. The fourth-order valence-electron chi connectivity index (χ4n) is 1.98. The minimum atomic E-state index is -4.98. The first-order valence-corrected chi connectivity index (χ1v) is 9.16. The van der Waals surface area contributed by atoms with Crippen LogP contribution in [0.5, 0.6) is 11.5 Å². The van der Waals surface area contributed by atoms with Gasteiger partial charge in [0.05, 0.1) is 4.92 Å². The molecule has 146 valence electrons. The molecule has 0 saturated heterocycles. The minimum Gasteiger partial charge on any atom is -0.457 e. The Morgan fingerprint density at radius 2 is 1.81 bits per heavy atom. The number of nitro benzene ring substituents is 1. The van der Waals surface area contributed by atoms with Crippen molar-refractivity contribution in [2.24, 2.45) is 0 Å². The second-order valence-electron chi connectivity index (χ2n) is 5.18. The average molecular weight is 427 g/mol.